The average molecular weight is 412 g/mol. The van der Waals surface area contributed by atoms with Crippen molar-refractivity contribution in [3.8, 4) is 0 Å². The van der Waals surface area contributed by atoms with E-state index < -0.39 is 0 Å². The summed E-state index contributed by atoms with van der Waals surface area (Å²) >= 11 is 9.24. The van der Waals surface area contributed by atoms with Crippen LogP contribution in [-0.2, 0) is 0 Å². The third-order valence-electron chi connectivity index (χ3n) is 4.02. The number of nitrogens with one attached hydrogen (secondary N) is 1. The molecule has 1 fully saturated rings. The number of carbonyl (C=O) groups is 2. The zero-order valence-corrected chi connectivity index (χ0v) is 15.1. The summed E-state index contributed by atoms with van der Waals surface area (Å²) in [4.78, 5) is 26.3. The van der Waals surface area contributed by atoms with Crippen molar-refractivity contribution in [2.45, 2.75) is 18.9 Å². The molecular weight excluding hydrogens is 396 g/mol. The largest absolute Gasteiger partial charge is 0.444 e. The molecule has 0 spiro atoms. The minimum Gasteiger partial charge on any atom is -0.444 e. The maximum absolute atomic E-state index is 12.3. The number of carbonyl (C=O) groups excluding carboxylic acids is 2. The molecular formula is C17H16BrClN2O3. The molecule has 5 nitrogen and oxygen atoms in total. The zero-order chi connectivity index (χ0) is 17.1. The van der Waals surface area contributed by atoms with Crippen molar-refractivity contribution >= 4 is 39.3 Å². The maximum Gasteiger partial charge on any atom is 0.289 e. The smallest absolute Gasteiger partial charge is 0.289 e. The van der Waals surface area contributed by atoms with Crippen LogP contribution >= 0.6 is 27.5 Å². The molecule has 0 bridgehead atoms. The first-order valence-corrected chi connectivity index (χ1v) is 8.81. The quantitative estimate of drug-likeness (QED) is 0.837. The topological polar surface area (TPSA) is 62.6 Å². The maximum atomic E-state index is 12.3. The van der Waals surface area contributed by atoms with Crippen molar-refractivity contribution in [1.29, 1.82) is 0 Å². The number of likely N-dealkylation sites (tertiary alicyclic amines) is 1. The molecule has 0 saturated carbocycles. The second-order valence-corrected chi connectivity index (χ2v) is 6.81. The zero-order valence-electron chi connectivity index (χ0n) is 12.8. The van der Waals surface area contributed by atoms with Gasteiger partial charge in [0.15, 0.2) is 10.4 Å². The molecule has 3 rings (SSSR count). The van der Waals surface area contributed by atoms with Crippen LogP contribution in [0.4, 0.5) is 0 Å². The van der Waals surface area contributed by atoms with E-state index in [4.69, 9.17) is 16.0 Å². The lowest BCUT2D eigenvalue weighted by molar-refractivity contribution is 0.0666. The molecule has 1 saturated heterocycles. The van der Waals surface area contributed by atoms with Crippen molar-refractivity contribution in [2.75, 3.05) is 13.1 Å². The Morgan fingerprint density at radius 1 is 1.17 bits per heavy atom. The third kappa shape index (κ3) is 3.82. The predicted molar refractivity (Wildman–Crippen MR) is 94.3 cm³/mol. The standard InChI is InChI=1S/C17H16BrClN2O3/c18-15-6-5-14(24-15)17(23)21-9-7-11(8-10-21)20-16(22)12-3-1-2-4-13(12)19/h1-6,11H,7-10H2,(H,20,22). The van der Waals surface area contributed by atoms with Crippen LogP contribution in [0.1, 0.15) is 33.8 Å². The van der Waals surface area contributed by atoms with Gasteiger partial charge in [-0.3, -0.25) is 9.59 Å². The van der Waals surface area contributed by atoms with Crippen LogP contribution in [0.3, 0.4) is 0 Å². The number of hydrogen-bond donors (Lipinski definition) is 1. The number of furan rings is 1. The SMILES string of the molecule is O=C(NC1CCN(C(=O)c2ccc(Br)o2)CC1)c1ccccc1Cl. The summed E-state index contributed by atoms with van der Waals surface area (Å²) in [6.45, 7) is 1.15. The Morgan fingerprint density at radius 3 is 2.50 bits per heavy atom. The lowest BCUT2D eigenvalue weighted by Crippen LogP contribution is -2.46. The van der Waals surface area contributed by atoms with Gasteiger partial charge in [-0.15, -0.1) is 0 Å². The highest BCUT2D eigenvalue weighted by Crippen LogP contribution is 2.20. The normalized spacial score (nSPS) is 15.3. The molecule has 1 N–H and O–H groups in total. The molecule has 2 heterocycles. The van der Waals surface area contributed by atoms with Crippen LogP contribution in [0.5, 0.6) is 0 Å². The highest BCUT2D eigenvalue weighted by molar-refractivity contribution is 9.10. The van der Waals surface area contributed by atoms with Crippen molar-refractivity contribution in [3.05, 3.63) is 57.4 Å². The predicted octanol–water partition coefficient (Wildman–Crippen LogP) is 3.73. The number of rotatable bonds is 3. The molecule has 2 aromatic rings. The van der Waals surface area contributed by atoms with Gasteiger partial charge in [0.05, 0.1) is 10.6 Å². The summed E-state index contributed by atoms with van der Waals surface area (Å²) in [5, 5.41) is 3.42. The molecule has 1 aromatic heterocycles. The summed E-state index contributed by atoms with van der Waals surface area (Å²) in [5.74, 6) is 0.0114. The second kappa shape index (κ2) is 7.40. The molecule has 0 aliphatic carbocycles. The average Bonchev–Trinajstić information content (AvgIpc) is 3.02. The van der Waals surface area contributed by atoms with Gasteiger partial charge in [0.2, 0.25) is 0 Å². The Balaban J connectivity index is 1.55. The Labute approximate surface area is 153 Å². The van der Waals surface area contributed by atoms with E-state index in [1.54, 1.807) is 41.3 Å². The number of halogens is 2. The van der Waals surface area contributed by atoms with Crippen LogP contribution in [-0.4, -0.2) is 35.8 Å². The second-order valence-electron chi connectivity index (χ2n) is 5.62. The fourth-order valence-corrected chi connectivity index (χ4v) is 3.25. The molecule has 1 aliphatic rings. The lowest BCUT2D eigenvalue weighted by atomic mass is 10.0. The highest BCUT2D eigenvalue weighted by Gasteiger charge is 2.26. The van der Waals surface area contributed by atoms with Crippen molar-refractivity contribution in [2.24, 2.45) is 0 Å². The molecule has 2 amide bonds. The Kier molecular flexibility index (Phi) is 5.26. The molecule has 24 heavy (non-hydrogen) atoms. The fourth-order valence-electron chi connectivity index (χ4n) is 2.72. The number of hydrogen-bond acceptors (Lipinski definition) is 3. The Hall–Kier alpha value is -1.79. The molecule has 0 radical (unpaired) electrons. The first-order chi connectivity index (χ1) is 11.5. The first-order valence-electron chi connectivity index (χ1n) is 7.64. The molecule has 7 heteroatoms. The van der Waals surface area contributed by atoms with E-state index in [2.05, 4.69) is 21.2 Å². The van der Waals surface area contributed by atoms with E-state index in [-0.39, 0.29) is 17.9 Å². The monoisotopic (exact) mass is 410 g/mol. The van der Waals surface area contributed by atoms with Gasteiger partial charge in [0.1, 0.15) is 0 Å². The summed E-state index contributed by atoms with van der Waals surface area (Å²) in [5.41, 5.74) is 0.470. The van der Waals surface area contributed by atoms with Crippen LogP contribution in [0.25, 0.3) is 0 Å². The summed E-state index contributed by atoms with van der Waals surface area (Å²) in [6.07, 6.45) is 1.40. The van der Waals surface area contributed by atoms with Crippen molar-refractivity contribution < 1.29 is 14.0 Å². The van der Waals surface area contributed by atoms with E-state index in [0.717, 1.165) is 0 Å². The van der Waals surface area contributed by atoms with E-state index in [1.807, 2.05) is 0 Å². The molecule has 0 atom stereocenters. The number of nitrogens with zero attached hydrogens (tertiary/aromatic N) is 1. The van der Waals surface area contributed by atoms with Gasteiger partial charge in [-0.2, -0.15) is 0 Å². The fraction of sp³-hybridized carbons (Fsp3) is 0.294. The lowest BCUT2D eigenvalue weighted by Gasteiger charge is -2.32. The summed E-state index contributed by atoms with van der Waals surface area (Å²) in [7, 11) is 0. The molecule has 1 aliphatic heterocycles. The molecule has 0 unspecified atom stereocenters. The van der Waals surface area contributed by atoms with Crippen molar-refractivity contribution in [3.63, 3.8) is 0 Å². The van der Waals surface area contributed by atoms with Crippen LogP contribution in [0.15, 0.2) is 45.5 Å². The molecule has 1 aromatic carbocycles. The Morgan fingerprint density at radius 2 is 1.88 bits per heavy atom. The van der Waals surface area contributed by atoms with Crippen LogP contribution < -0.4 is 5.32 Å². The van der Waals surface area contributed by atoms with E-state index in [1.165, 1.54) is 0 Å². The van der Waals surface area contributed by atoms with Gasteiger partial charge in [-0.25, -0.2) is 0 Å². The summed E-state index contributed by atoms with van der Waals surface area (Å²) < 4.78 is 5.84. The van der Waals surface area contributed by atoms with Gasteiger partial charge >= 0.3 is 0 Å². The van der Waals surface area contributed by atoms with Crippen LogP contribution in [0, 0.1) is 0 Å². The van der Waals surface area contributed by atoms with E-state index in [9.17, 15) is 9.59 Å². The molecule has 126 valence electrons. The summed E-state index contributed by atoms with van der Waals surface area (Å²) in [6, 6.07) is 10.3. The van der Waals surface area contributed by atoms with Gasteiger partial charge in [-0.1, -0.05) is 23.7 Å². The van der Waals surface area contributed by atoms with Gasteiger partial charge < -0.3 is 14.6 Å². The third-order valence-corrected chi connectivity index (χ3v) is 4.78. The first kappa shape index (κ1) is 17.0. The van der Waals surface area contributed by atoms with Gasteiger partial charge in [-0.05, 0) is 53.0 Å². The minimum atomic E-state index is -0.180. The van der Waals surface area contributed by atoms with Crippen molar-refractivity contribution in [1.82, 2.24) is 10.2 Å². The van der Waals surface area contributed by atoms with Crippen LogP contribution in [0.2, 0.25) is 5.02 Å². The minimum absolute atomic E-state index is 0.0289. The number of benzene rings is 1. The number of amides is 2. The van der Waals surface area contributed by atoms with E-state index >= 15 is 0 Å². The van der Waals surface area contributed by atoms with Gasteiger partial charge in [0.25, 0.3) is 11.8 Å². The van der Waals surface area contributed by atoms with Gasteiger partial charge in [0, 0.05) is 19.1 Å². The van der Waals surface area contributed by atoms with E-state index in [0.29, 0.717) is 46.9 Å². The Bertz CT molecular complexity index is 754. The number of piperidine rings is 1. The highest BCUT2D eigenvalue weighted by atomic mass is 79.9.